The molecule has 0 unspecified atom stereocenters. The van der Waals surface area contributed by atoms with Crippen LogP contribution in [-0.4, -0.2) is 57.5 Å². The van der Waals surface area contributed by atoms with Crippen molar-refractivity contribution in [1.82, 2.24) is 4.72 Å². The standard InChI is InChI=1S/C14H22N2O6S/c1-10(9-22-2)16-23(20,21)11-4-5-13(15-6-3-7-17)12(8-11)14(18)19/h4-5,8,10,15-17H,3,6-7,9H2,1-2H3,(H,18,19)/t10-/m0/s1. The fourth-order valence-corrected chi connectivity index (χ4v) is 3.19. The van der Waals surface area contributed by atoms with Crippen molar-refractivity contribution in [3.05, 3.63) is 23.8 Å². The number of anilines is 1. The molecular weight excluding hydrogens is 324 g/mol. The first kappa shape index (κ1) is 19.4. The van der Waals surface area contributed by atoms with Crippen LogP contribution in [0.4, 0.5) is 5.69 Å². The van der Waals surface area contributed by atoms with Crippen molar-refractivity contribution in [3.8, 4) is 0 Å². The number of nitrogens with one attached hydrogen (secondary N) is 2. The Morgan fingerprint density at radius 1 is 1.39 bits per heavy atom. The number of aliphatic hydroxyl groups excluding tert-OH is 1. The van der Waals surface area contributed by atoms with Crippen LogP contribution in [0.1, 0.15) is 23.7 Å². The van der Waals surface area contributed by atoms with Crippen molar-refractivity contribution >= 4 is 21.7 Å². The summed E-state index contributed by atoms with van der Waals surface area (Å²) >= 11 is 0. The zero-order valence-corrected chi connectivity index (χ0v) is 13.9. The fourth-order valence-electron chi connectivity index (χ4n) is 1.94. The molecule has 0 amide bonds. The minimum atomic E-state index is -3.84. The minimum absolute atomic E-state index is 0.0246. The second-order valence-electron chi connectivity index (χ2n) is 4.99. The van der Waals surface area contributed by atoms with Crippen LogP contribution in [0.15, 0.2) is 23.1 Å². The van der Waals surface area contributed by atoms with E-state index in [4.69, 9.17) is 9.84 Å². The van der Waals surface area contributed by atoms with Gasteiger partial charge < -0.3 is 20.3 Å². The highest BCUT2D eigenvalue weighted by Gasteiger charge is 2.20. The first-order chi connectivity index (χ1) is 10.8. The van der Waals surface area contributed by atoms with Gasteiger partial charge in [-0.05, 0) is 31.5 Å². The maximum Gasteiger partial charge on any atom is 0.337 e. The molecule has 8 nitrogen and oxygen atoms in total. The van der Waals surface area contributed by atoms with Gasteiger partial charge in [-0.25, -0.2) is 17.9 Å². The number of aromatic carboxylic acids is 1. The van der Waals surface area contributed by atoms with Gasteiger partial charge in [0, 0.05) is 32.0 Å². The number of hydrogen-bond donors (Lipinski definition) is 4. The first-order valence-corrected chi connectivity index (χ1v) is 8.53. The number of aliphatic hydroxyl groups is 1. The summed E-state index contributed by atoms with van der Waals surface area (Å²) in [6.45, 7) is 2.20. The molecule has 0 heterocycles. The number of benzene rings is 1. The van der Waals surface area contributed by atoms with Crippen LogP contribution >= 0.6 is 0 Å². The third kappa shape index (κ3) is 5.79. The Morgan fingerprint density at radius 2 is 2.09 bits per heavy atom. The zero-order valence-electron chi connectivity index (χ0n) is 13.1. The minimum Gasteiger partial charge on any atom is -0.478 e. The molecule has 0 radical (unpaired) electrons. The number of carbonyl (C=O) groups is 1. The number of methoxy groups -OCH3 is 1. The lowest BCUT2D eigenvalue weighted by atomic mass is 10.2. The molecule has 4 N–H and O–H groups in total. The van der Waals surface area contributed by atoms with Crippen LogP contribution in [0.25, 0.3) is 0 Å². The van der Waals surface area contributed by atoms with Gasteiger partial charge in [0.25, 0.3) is 0 Å². The highest BCUT2D eigenvalue weighted by molar-refractivity contribution is 7.89. The van der Waals surface area contributed by atoms with Gasteiger partial charge in [0.15, 0.2) is 0 Å². The Bertz CT molecular complexity index is 632. The molecule has 0 saturated carbocycles. The van der Waals surface area contributed by atoms with Gasteiger partial charge in [-0.1, -0.05) is 0 Å². The molecule has 0 spiro atoms. The molecule has 1 aromatic rings. The van der Waals surface area contributed by atoms with Crippen molar-refractivity contribution in [1.29, 1.82) is 0 Å². The molecular formula is C14H22N2O6S. The second kappa shape index (κ2) is 8.82. The highest BCUT2D eigenvalue weighted by Crippen LogP contribution is 2.21. The van der Waals surface area contributed by atoms with Gasteiger partial charge in [-0.2, -0.15) is 0 Å². The summed E-state index contributed by atoms with van der Waals surface area (Å²) in [4.78, 5) is 11.2. The Hall–Kier alpha value is -1.68. The maximum absolute atomic E-state index is 12.3. The molecule has 1 atom stereocenters. The third-order valence-electron chi connectivity index (χ3n) is 2.96. The topological polar surface area (TPSA) is 125 Å². The molecule has 0 aromatic heterocycles. The van der Waals surface area contributed by atoms with Gasteiger partial charge >= 0.3 is 5.97 Å². The molecule has 9 heteroatoms. The summed E-state index contributed by atoms with van der Waals surface area (Å²) in [7, 11) is -2.38. The van der Waals surface area contributed by atoms with E-state index >= 15 is 0 Å². The quantitative estimate of drug-likeness (QED) is 0.454. The Balaban J connectivity index is 3.04. The molecule has 0 saturated heterocycles. The van der Waals surface area contributed by atoms with E-state index in [9.17, 15) is 18.3 Å². The summed E-state index contributed by atoms with van der Waals surface area (Å²) in [6, 6.07) is 3.39. The van der Waals surface area contributed by atoms with E-state index in [0.717, 1.165) is 6.07 Å². The van der Waals surface area contributed by atoms with Crippen molar-refractivity contribution in [3.63, 3.8) is 0 Å². The zero-order chi connectivity index (χ0) is 17.5. The molecule has 23 heavy (non-hydrogen) atoms. The van der Waals surface area contributed by atoms with E-state index in [2.05, 4.69) is 10.0 Å². The van der Waals surface area contributed by atoms with Crippen molar-refractivity contribution in [2.45, 2.75) is 24.3 Å². The lowest BCUT2D eigenvalue weighted by Crippen LogP contribution is -2.35. The van der Waals surface area contributed by atoms with Crippen molar-refractivity contribution in [2.24, 2.45) is 0 Å². The number of rotatable bonds is 10. The summed E-state index contributed by atoms with van der Waals surface area (Å²) in [5.41, 5.74) is 0.153. The Labute approximate surface area is 135 Å². The van der Waals surface area contributed by atoms with Crippen LogP contribution in [0.2, 0.25) is 0 Å². The monoisotopic (exact) mass is 346 g/mol. The molecule has 0 aliphatic rings. The second-order valence-corrected chi connectivity index (χ2v) is 6.71. The molecule has 0 aliphatic carbocycles. The Kier molecular flexibility index (Phi) is 7.43. The summed E-state index contributed by atoms with van der Waals surface area (Å²) in [6.07, 6.45) is 0.454. The first-order valence-electron chi connectivity index (χ1n) is 7.05. The van der Waals surface area contributed by atoms with E-state index in [1.54, 1.807) is 6.92 Å². The van der Waals surface area contributed by atoms with Crippen LogP contribution in [-0.2, 0) is 14.8 Å². The highest BCUT2D eigenvalue weighted by atomic mass is 32.2. The summed E-state index contributed by atoms with van der Waals surface area (Å²) in [5.74, 6) is -1.24. The molecule has 1 aromatic carbocycles. The van der Waals surface area contributed by atoms with E-state index in [0.29, 0.717) is 18.7 Å². The largest absolute Gasteiger partial charge is 0.478 e. The third-order valence-corrected chi connectivity index (χ3v) is 4.54. The number of hydrogen-bond acceptors (Lipinski definition) is 6. The number of carboxylic acid groups (broad SMARTS) is 1. The average molecular weight is 346 g/mol. The van der Waals surface area contributed by atoms with Gasteiger partial charge in [0.05, 0.1) is 17.1 Å². The van der Waals surface area contributed by atoms with Crippen LogP contribution in [0.5, 0.6) is 0 Å². The van der Waals surface area contributed by atoms with Crippen molar-refractivity contribution in [2.75, 3.05) is 32.2 Å². The van der Waals surface area contributed by atoms with E-state index < -0.39 is 22.0 Å². The molecule has 0 bridgehead atoms. The van der Waals surface area contributed by atoms with Gasteiger partial charge in [0.2, 0.25) is 10.0 Å². The summed E-state index contributed by atoms with van der Waals surface area (Å²) in [5, 5.41) is 20.9. The predicted octanol–water partition coefficient (Wildman–Crippen LogP) is 0.492. The fraction of sp³-hybridized carbons (Fsp3) is 0.500. The molecule has 130 valence electrons. The van der Waals surface area contributed by atoms with Crippen LogP contribution in [0, 0.1) is 0 Å². The number of ether oxygens (including phenoxy) is 1. The molecule has 0 aliphatic heterocycles. The van der Waals surface area contributed by atoms with E-state index in [-0.39, 0.29) is 23.7 Å². The van der Waals surface area contributed by atoms with Crippen LogP contribution in [0.3, 0.4) is 0 Å². The van der Waals surface area contributed by atoms with Gasteiger partial charge in [0.1, 0.15) is 0 Å². The Morgan fingerprint density at radius 3 is 2.65 bits per heavy atom. The normalized spacial score (nSPS) is 12.8. The number of sulfonamides is 1. The lowest BCUT2D eigenvalue weighted by Gasteiger charge is -2.15. The van der Waals surface area contributed by atoms with Gasteiger partial charge in [-0.15, -0.1) is 0 Å². The smallest absolute Gasteiger partial charge is 0.337 e. The van der Waals surface area contributed by atoms with Crippen LogP contribution < -0.4 is 10.0 Å². The predicted molar refractivity (Wildman–Crippen MR) is 85.3 cm³/mol. The van der Waals surface area contributed by atoms with E-state index in [1.807, 2.05) is 0 Å². The SMILES string of the molecule is COC[C@H](C)NS(=O)(=O)c1ccc(NCCCO)c(C(=O)O)c1. The maximum atomic E-state index is 12.3. The number of carboxylic acids is 1. The van der Waals surface area contributed by atoms with Gasteiger partial charge in [-0.3, -0.25) is 0 Å². The van der Waals surface area contributed by atoms with E-state index in [1.165, 1.54) is 19.2 Å². The summed E-state index contributed by atoms with van der Waals surface area (Å²) < 4.78 is 31.8. The molecule has 1 rings (SSSR count). The average Bonchev–Trinajstić information content (AvgIpc) is 2.47. The molecule has 0 fully saturated rings. The van der Waals surface area contributed by atoms with Crippen molar-refractivity contribution < 1.29 is 28.2 Å². The lowest BCUT2D eigenvalue weighted by molar-refractivity contribution is 0.0697.